The summed E-state index contributed by atoms with van der Waals surface area (Å²) in [6.45, 7) is 3.35. The minimum absolute atomic E-state index is 0.123. The van der Waals surface area contributed by atoms with Crippen LogP contribution < -0.4 is 15.0 Å². The second kappa shape index (κ2) is 6.94. The number of carbonyl (C=O) groups excluding carboxylic acids is 2. The first-order chi connectivity index (χ1) is 11.9. The molecule has 0 fully saturated rings. The Hall–Kier alpha value is -2.24. The Balaban J connectivity index is 1.88. The van der Waals surface area contributed by atoms with Gasteiger partial charge in [0.05, 0.1) is 5.69 Å². The number of rotatable bonds is 3. The maximum Gasteiger partial charge on any atom is 0.265 e. The van der Waals surface area contributed by atoms with Gasteiger partial charge >= 0.3 is 0 Å². The fraction of sp³-hybridized carbons (Fsp3) is 0.222. The molecule has 0 aromatic heterocycles. The highest BCUT2D eigenvalue weighted by Gasteiger charge is 2.33. The fourth-order valence-corrected chi connectivity index (χ4v) is 3.01. The molecule has 1 N–H and O–H groups in total. The SMILES string of the molecule is Cc1c(Cl)cccc1NC(=O)C(C)N1C(=O)COc2ccc(Cl)cc21. The van der Waals surface area contributed by atoms with Crippen molar-refractivity contribution in [3.63, 3.8) is 0 Å². The average molecular weight is 379 g/mol. The van der Waals surface area contributed by atoms with Gasteiger partial charge in [0.1, 0.15) is 11.8 Å². The van der Waals surface area contributed by atoms with Crippen LogP contribution in [0, 0.1) is 6.92 Å². The van der Waals surface area contributed by atoms with Crippen molar-refractivity contribution >= 4 is 46.4 Å². The van der Waals surface area contributed by atoms with Crippen molar-refractivity contribution in [3.8, 4) is 5.75 Å². The molecule has 0 radical (unpaired) electrons. The maximum atomic E-state index is 12.7. The molecule has 2 amide bonds. The van der Waals surface area contributed by atoms with E-state index in [1.54, 1.807) is 43.3 Å². The predicted molar refractivity (Wildman–Crippen MR) is 98.7 cm³/mol. The highest BCUT2D eigenvalue weighted by atomic mass is 35.5. The first-order valence-corrected chi connectivity index (χ1v) is 8.44. The third-order valence-corrected chi connectivity index (χ3v) is 4.74. The van der Waals surface area contributed by atoms with Crippen molar-refractivity contribution in [1.29, 1.82) is 0 Å². The van der Waals surface area contributed by atoms with Crippen molar-refractivity contribution in [2.75, 3.05) is 16.8 Å². The third-order valence-electron chi connectivity index (χ3n) is 4.09. The number of carbonyl (C=O) groups is 2. The molecule has 1 heterocycles. The van der Waals surface area contributed by atoms with Crippen molar-refractivity contribution < 1.29 is 14.3 Å². The van der Waals surface area contributed by atoms with E-state index >= 15 is 0 Å². The number of benzene rings is 2. The average Bonchev–Trinajstić information content (AvgIpc) is 2.58. The molecule has 1 atom stereocenters. The minimum atomic E-state index is -0.744. The van der Waals surface area contributed by atoms with Gasteiger partial charge in [-0.05, 0) is 49.7 Å². The van der Waals surface area contributed by atoms with Gasteiger partial charge in [-0.3, -0.25) is 14.5 Å². The zero-order chi connectivity index (χ0) is 18.1. The Bertz CT molecular complexity index is 854. The van der Waals surface area contributed by atoms with E-state index in [0.717, 1.165) is 5.56 Å². The Kier molecular flexibility index (Phi) is 4.88. The van der Waals surface area contributed by atoms with Gasteiger partial charge in [0.15, 0.2) is 6.61 Å². The van der Waals surface area contributed by atoms with Crippen LogP contribution in [0.25, 0.3) is 0 Å². The monoisotopic (exact) mass is 378 g/mol. The molecule has 7 heteroatoms. The van der Waals surface area contributed by atoms with E-state index in [4.69, 9.17) is 27.9 Å². The summed E-state index contributed by atoms with van der Waals surface area (Å²) in [5, 5.41) is 3.84. The van der Waals surface area contributed by atoms with Gasteiger partial charge in [-0.25, -0.2) is 0 Å². The molecule has 130 valence electrons. The zero-order valence-electron chi connectivity index (χ0n) is 13.7. The third kappa shape index (κ3) is 3.43. The summed E-state index contributed by atoms with van der Waals surface area (Å²) >= 11 is 12.1. The van der Waals surface area contributed by atoms with Crippen LogP contribution in [-0.2, 0) is 9.59 Å². The zero-order valence-corrected chi connectivity index (χ0v) is 15.2. The van der Waals surface area contributed by atoms with Gasteiger partial charge in [-0.1, -0.05) is 29.3 Å². The standard InChI is InChI=1S/C18H16Cl2N2O3/c1-10-13(20)4-3-5-14(10)21-18(24)11(2)22-15-8-12(19)6-7-16(15)25-9-17(22)23/h3-8,11H,9H2,1-2H3,(H,21,24). The lowest BCUT2D eigenvalue weighted by Crippen LogP contribution is -2.49. The van der Waals surface area contributed by atoms with Crippen LogP contribution in [-0.4, -0.2) is 24.5 Å². The van der Waals surface area contributed by atoms with Gasteiger partial charge in [0.2, 0.25) is 5.91 Å². The van der Waals surface area contributed by atoms with E-state index < -0.39 is 6.04 Å². The number of nitrogens with one attached hydrogen (secondary N) is 1. The highest BCUT2D eigenvalue weighted by Crippen LogP contribution is 2.36. The van der Waals surface area contributed by atoms with Crippen LogP contribution in [0.15, 0.2) is 36.4 Å². The fourth-order valence-electron chi connectivity index (χ4n) is 2.67. The molecule has 0 saturated carbocycles. The van der Waals surface area contributed by atoms with Crippen molar-refractivity contribution in [2.24, 2.45) is 0 Å². The van der Waals surface area contributed by atoms with E-state index in [1.165, 1.54) is 4.90 Å². The molecular weight excluding hydrogens is 363 g/mol. The van der Waals surface area contributed by atoms with Crippen LogP contribution in [0.3, 0.4) is 0 Å². The molecule has 5 nitrogen and oxygen atoms in total. The summed E-state index contributed by atoms with van der Waals surface area (Å²) in [5.74, 6) is -0.116. The lowest BCUT2D eigenvalue weighted by molar-refractivity contribution is -0.125. The number of nitrogens with zero attached hydrogens (tertiary/aromatic N) is 1. The predicted octanol–water partition coefficient (Wildman–Crippen LogP) is 4.05. The van der Waals surface area contributed by atoms with E-state index in [-0.39, 0.29) is 18.4 Å². The molecule has 1 aliphatic rings. The van der Waals surface area contributed by atoms with Crippen LogP contribution in [0.2, 0.25) is 10.0 Å². The molecule has 2 aromatic rings. The normalized spacial score (nSPS) is 14.6. The molecular formula is C18H16Cl2N2O3. The smallest absolute Gasteiger partial charge is 0.265 e. The molecule has 1 unspecified atom stereocenters. The van der Waals surface area contributed by atoms with E-state index in [1.807, 2.05) is 6.92 Å². The summed E-state index contributed by atoms with van der Waals surface area (Å²) in [6.07, 6.45) is 0. The molecule has 0 saturated heterocycles. The van der Waals surface area contributed by atoms with Gasteiger partial charge in [0.25, 0.3) is 5.91 Å². The lowest BCUT2D eigenvalue weighted by atomic mass is 10.1. The van der Waals surface area contributed by atoms with Gasteiger partial charge < -0.3 is 10.1 Å². The molecule has 2 aromatic carbocycles. The first-order valence-electron chi connectivity index (χ1n) is 7.69. The van der Waals surface area contributed by atoms with Crippen LogP contribution >= 0.6 is 23.2 Å². The molecule has 3 rings (SSSR count). The van der Waals surface area contributed by atoms with Gasteiger partial charge in [-0.15, -0.1) is 0 Å². The van der Waals surface area contributed by atoms with Crippen molar-refractivity contribution in [3.05, 3.63) is 52.0 Å². The largest absolute Gasteiger partial charge is 0.482 e. The number of ether oxygens (including phenoxy) is 1. The van der Waals surface area contributed by atoms with Gasteiger partial charge in [-0.2, -0.15) is 0 Å². The quantitative estimate of drug-likeness (QED) is 0.875. The summed E-state index contributed by atoms with van der Waals surface area (Å²) in [7, 11) is 0. The molecule has 25 heavy (non-hydrogen) atoms. The Morgan fingerprint density at radius 1 is 1.28 bits per heavy atom. The summed E-state index contributed by atoms with van der Waals surface area (Å²) in [4.78, 5) is 26.4. The van der Waals surface area contributed by atoms with Crippen LogP contribution in [0.5, 0.6) is 5.75 Å². The first kappa shape index (κ1) is 17.6. The molecule has 0 aliphatic carbocycles. The number of amides is 2. The van der Waals surface area contributed by atoms with Crippen molar-refractivity contribution in [1.82, 2.24) is 0 Å². The molecule has 0 spiro atoms. The van der Waals surface area contributed by atoms with Crippen LogP contribution in [0.1, 0.15) is 12.5 Å². The van der Waals surface area contributed by atoms with Gasteiger partial charge in [0, 0.05) is 15.7 Å². The number of halogens is 2. The van der Waals surface area contributed by atoms with Crippen LogP contribution in [0.4, 0.5) is 11.4 Å². The topological polar surface area (TPSA) is 58.6 Å². The second-order valence-corrected chi connectivity index (χ2v) is 6.59. The second-order valence-electron chi connectivity index (χ2n) is 5.74. The number of hydrogen-bond acceptors (Lipinski definition) is 3. The maximum absolute atomic E-state index is 12.7. The number of fused-ring (bicyclic) bond motifs is 1. The lowest BCUT2D eigenvalue weighted by Gasteiger charge is -2.33. The Morgan fingerprint density at radius 2 is 2.04 bits per heavy atom. The molecule has 1 aliphatic heterocycles. The summed E-state index contributed by atoms with van der Waals surface area (Å²) in [5.41, 5.74) is 1.85. The molecule has 0 bridgehead atoms. The van der Waals surface area contributed by atoms with E-state index in [2.05, 4.69) is 5.32 Å². The minimum Gasteiger partial charge on any atom is -0.482 e. The number of anilines is 2. The van der Waals surface area contributed by atoms with E-state index in [0.29, 0.717) is 27.2 Å². The summed E-state index contributed by atoms with van der Waals surface area (Å²) in [6, 6.07) is 9.49. The van der Waals surface area contributed by atoms with E-state index in [9.17, 15) is 9.59 Å². The summed E-state index contributed by atoms with van der Waals surface area (Å²) < 4.78 is 5.40. The number of hydrogen-bond donors (Lipinski definition) is 1. The van der Waals surface area contributed by atoms with Crippen molar-refractivity contribution in [2.45, 2.75) is 19.9 Å². The highest BCUT2D eigenvalue weighted by molar-refractivity contribution is 6.32. The Labute approximate surface area is 155 Å². The Morgan fingerprint density at radius 3 is 2.80 bits per heavy atom.